The Morgan fingerprint density at radius 1 is 1.64 bits per heavy atom. The molecule has 3 N–H and O–H groups in total. The Balaban J connectivity index is 1.63. The van der Waals surface area contributed by atoms with Gasteiger partial charge < -0.3 is 11.1 Å². The molecule has 1 heterocycles. The van der Waals surface area contributed by atoms with Gasteiger partial charge in [0.2, 0.25) is 0 Å². The van der Waals surface area contributed by atoms with E-state index in [1.54, 1.807) is 11.3 Å². The highest BCUT2D eigenvalue weighted by Gasteiger charge is 2.37. The predicted octanol–water partition coefficient (Wildman–Crippen LogP) is 1.07. The lowest BCUT2D eigenvalue weighted by atomic mass is 10.3. The summed E-state index contributed by atoms with van der Waals surface area (Å²) >= 11 is 1.72. The van der Waals surface area contributed by atoms with Crippen molar-refractivity contribution in [3.63, 3.8) is 0 Å². The first-order chi connectivity index (χ1) is 6.68. The summed E-state index contributed by atoms with van der Waals surface area (Å²) in [6.07, 6.45) is 3.37. The molecule has 0 aliphatic heterocycles. The molecule has 1 aromatic heterocycles. The van der Waals surface area contributed by atoms with E-state index < -0.39 is 0 Å². The van der Waals surface area contributed by atoms with Crippen LogP contribution in [0.2, 0.25) is 0 Å². The molecular weight excluding hydrogens is 194 g/mol. The van der Waals surface area contributed by atoms with Gasteiger partial charge >= 0.3 is 0 Å². The molecule has 0 aromatic carbocycles. The zero-order valence-electron chi connectivity index (χ0n) is 8.55. The van der Waals surface area contributed by atoms with E-state index in [1.807, 2.05) is 6.92 Å². The maximum Gasteiger partial charge on any atom is 0.0897 e. The van der Waals surface area contributed by atoms with Crippen LogP contribution in [-0.4, -0.2) is 23.6 Å². The highest BCUT2D eigenvalue weighted by Crippen LogP contribution is 2.30. The fourth-order valence-corrected chi connectivity index (χ4v) is 2.06. The molecule has 3 nitrogen and oxygen atoms in total. The van der Waals surface area contributed by atoms with Gasteiger partial charge in [-0.2, -0.15) is 0 Å². The van der Waals surface area contributed by atoms with Crippen LogP contribution in [-0.2, 0) is 6.42 Å². The Bertz CT molecular complexity index is 304. The number of hydrogen-bond acceptors (Lipinski definition) is 4. The Morgan fingerprint density at radius 3 is 3.00 bits per heavy atom. The van der Waals surface area contributed by atoms with E-state index in [9.17, 15) is 0 Å². The Hall–Kier alpha value is -0.450. The van der Waals surface area contributed by atoms with Gasteiger partial charge in [0.05, 0.1) is 10.7 Å². The molecular formula is C10H17N3S. The summed E-state index contributed by atoms with van der Waals surface area (Å²) in [4.78, 5) is 4.41. The van der Waals surface area contributed by atoms with Crippen molar-refractivity contribution in [3.8, 4) is 0 Å². The molecule has 4 heteroatoms. The molecule has 1 fully saturated rings. The minimum Gasteiger partial charge on any atom is -0.324 e. The molecule has 78 valence electrons. The summed E-state index contributed by atoms with van der Waals surface area (Å²) < 4.78 is 0. The smallest absolute Gasteiger partial charge is 0.0897 e. The van der Waals surface area contributed by atoms with Crippen LogP contribution in [0.15, 0.2) is 5.38 Å². The zero-order chi connectivity index (χ0) is 10.0. The van der Waals surface area contributed by atoms with E-state index in [4.69, 9.17) is 5.73 Å². The molecule has 0 atom stereocenters. The van der Waals surface area contributed by atoms with Crippen molar-refractivity contribution in [1.29, 1.82) is 0 Å². The van der Waals surface area contributed by atoms with E-state index >= 15 is 0 Å². The average molecular weight is 211 g/mol. The van der Waals surface area contributed by atoms with Crippen LogP contribution in [0.5, 0.6) is 0 Å². The van der Waals surface area contributed by atoms with E-state index in [1.165, 1.54) is 18.5 Å². The van der Waals surface area contributed by atoms with Crippen molar-refractivity contribution in [2.75, 3.05) is 13.1 Å². The summed E-state index contributed by atoms with van der Waals surface area (Å²) in [7, 11) is 0. The second-order valence-corrected chi connectivity index (χ2v) is 5.21. The van der Waals surface area contributed by atoms with Gasteiger partial charge in [-0.05, 0) is 19.8 Å². The van der Waals surface area contributed by atoms with Crippen molar-refractivity contribution in [2.45, 2.75) is 31.7 Å². The third kappa shape index (κ3) is 2.77. The van der Waals surface area contributed by atoms with Gasteiger partial charge in [-0.15, -0.1) is 11.3 Å². The molecule has 0 radical (unpaired) electrons. The average Bonchev–Trinajstić information content (AvgIpc) is 2.73. The minimum atomic E-state index is 0.123. The van der Waals surface area contributed by atoms with Gasteiger partial charge in [0.15, 0.2) is 0 Å². The van der Waals surface area contributed by atoms with Gasteiger partial charge in [0, 0.05) is 30.4 Å². The van der Waals surface area contributed by atoms with Crippen LogP contribution in [0.25, 0.3) is 0 Å². The molecule has 1 aliphatic rings. The summed E-state index contributed by atoms with van der Waals surface area (Å²) in [6, 6.07) is 0. The first-order valence-electron chi connectivity index (χ1n) is 5.09. The minimum absolute atomic E-state index is 0.123. The summed E-state index contributed by atoms with van der Waals surface area (Å²) in [5.41, 5.74) is 7.27. The Labute approximate surface area is 88.7 Å². The number of nitrogens with zero attached hydrogens (tertiary/aromatic N) is 1. The van der Waals surface area contributed by atoms with Crippen LogP contribution < -0.4 is 11.1 Å². The molecule has 14 heavy (non-hydrogen) atoms. The molecule has 0 amide bonds. The Morgan fingerprint density at radius 2 is 2.43 bits per heavy atom. The second-order valence-electron chi connectivity index (χ2n) is 4.15. The molecule has 0 bridgehead atoms. The van der Waals surface area contributed by atoms with E-state index in [0.29, 0.717) is 0 Å². The first-order valence-corrected chi connectivity index (χ1v) is 5.97. The van der Waals surface area contributed by atoms with Gasteiger partial charge in [-0.1, -0.05) is 0 Å². The maximum atomic E-state index is 5.95. The normalized spacial score (nSPS) is 18.4. The van der Waals surface area contributed by atoms with Gasteiger partial charge in [0.25, 0.3) is 0 Å². The number of thiazole rings is 1. The lowest BCUT2D eigenvalue weighted by Crippen LogP contribution is -2.36. The topological polar surface area (TPSA) is 50.9 Å². The predicted molar refractivity (Wildman–Crippen MR) is 59.6 cm³/mol. The van der Waals surface area contributed by atoms with Crippen LogP contribution in [0, 0.1) is 6.92 Å². The first kappa shape index (κ1) is 10.1. The van der Waals surface area contributed by atoms with Crippen LogP contribution in [0.3, 0.4) is 0 Å². The van der Waals surface area contributed by atoms with Crippen molar-refractivity contribution in [3.05, 3.63) is 16.1 Å². The van der Waals surface area contributed by atoms with Crippen LogP contribution in [0.1, 0.15) is 23.5 Å². The van der Waals surface area contributed by atoms with Gasteiger partial charge in [-0.25, -0.2) is 4.98 Å². The van der Waals surface area contributed by atoms with Crippen LogP contribution in [0.4, 0.5) is 0 Å². The lowest BCUT2D eigenvalue weighted by Gasteiger charge is -2.08. The molecule has 0 spiro atoms. The number of hydrogen-bond donors (Lipinski definition) is 2. The number of nitrogens with one attached hydrogen (secondary N) is 1. The Kier molecular flexibility index (Phi) is 2.85. The van der Waals surface area contributed by atoms with E-state index in [-0.39, 0.29) is 5.54 Å². The number of nitrogens with two attached hydrogens (primary N) is 1. The second kappa shape index (κ2) is 3.96. The van der Waals surface area contributed by atoms with Gasteiger partial charge in [-0.3, -0.25) is 0 Å². The number of aryl methyl sites for hydroxylation is 1. The lowest BCUT2D eigenvalue weighted by molar-refractivity contribution is 0.569. The van der Waals surface area contributed by atoms with Crippen molar-refractivity contribution in [2.24, 2.45) is 5.73 Å². The highest BCUT2D eigenvalue weighted by atomic mass is 32.1. The highest BCUT2D eigenvalue weighted by molar-refractivity contribution is 7.09. The van der Waals surface area contributed by atoms with Crippen molar-refractivity contribution in [1.82, 2.24) is 10.3 Å². The fraction of sp³-hybridized carbons (Fsp3) is 0.700. The van der Waals surface area contributed by atoms with Gasteiger partial charge in [0.1, 0.15) is 0 Å². The molecule has 0 saturated heterocycles. The van der Waals surface area contributed by atoms with E-state index in [0.717, 1.165) is 24.5 Å². The summed E-state index contributed by atoms with van der Waals surface area (Å²) in [5.74, 6) is 0. The number of rotatable bonds is 5. The fourth-order valence-electron chi connectivity index (χ4n) is 1.41. The quantitative estimate of drug-likeness (QED) is 0.716. The molecule has 2 rings (SSSR count). The largest absolute Gasteiger partial charge is 0.324 e. The van der Waals surface area contributed by atoms with Crippen molar-refractivity contribution < 1.29 is 0 Å². The van der Waals surface area contributed by atoms with E-state index in [2.05, 4.69) is 15.7 Å². The third-order valence-corrected chi connectivity index (χ3v) is 3.42. The van der Waals surface area contributed by atoms with Crippen LogP contribution >= 0.6 is 11.3 Å². The maximum absolute atomic E-state index is 5.95. The third-order valence-electron chi connectivity index (χ3n) is 2.59. The SMILES string of the molecule is Cc1nc(CCNCC2(N)CC2)cs1. The monoisotopic (exact) mass is 211 g/mol. The summed E-state index contributed by atoms with van der Waals surface area (Å²) in [6.45, 7) is 3.99. The molecule has 1 saturated carbocycles. The zero-order valence-corrected chi connectivity index (χ0v) is 9.36. The van der Waals surface area contributed by atoms with Crippen molar-refractivity contribution >= 4 is 11.3 Å². The molecule has 1 aromatic rings. The summed E-state index contributed by atoms with van der Waals surface area (Å²) in [5, 5.41) is 6.67. The number of aromatic nitrogens is 1. The molecule has 0 unspecified atom stereocenters. The molecule has 1 aliphatic carbocycles. The standard InChI is InChI=1S/C10H17N3S/c1-8-13-9(6-14-8)2-5-12-7-10(11)3-4-10/h6,12H,2-5,7,11H2,1H3.